The Labute approximate surface area is 191 Å². The minimum absolute atomic E-state index is 0.0472. The van der Waals surface area contributed by atoms with Gasteiger partial charge in [0.15, 0.2) is 22.5 Å². The molecule has 3 rings (SSSR count). The molecule has 0 bridgehead atoms. The zero-order chi connectivity index (χ0) is 24.0. The fraction of sp³-hybridized carbons (Fsp3) is 0.227. The summed E-state index contributed by atoms with van der Waals surface area (Å²) in [5.41, 5.74) is -0.558. The van der Waals surface area contributed by atoms with Gasteiger partial charge in [-0.1, -0.05) is 30.0 Å². The Balaban J connectivity index is 1.65. The number of ether oxygens (including phenoxy) is 1. The second kappa shape index (κ2) is 10.5. The molecule has 6 nitrogen and oxygen atoms in total. The van der Waals surface area contributed by atoms with E-state index in [0.29, 0.717) is 17.5 Å². The van der Waals surface area contributed by atoms with E-state index in [1.165, 1.54) is 24.3 Å². The maximum absolute atomic E-state index is 13.8. The number of hydrogen-bond donors (Lipinski definition) is 1. The standard InChI is InChI=1S/C22H20F4N4O2S/c1-3-12-30-19(13-32-18-7-5-4-6-17(18)23)28-29-21(30)33-14(2)20(31)27-16-10-8-15(9-11-16)22(24,25)26/h3-11,14H,1,12-13H2,2H3,(H,27,31). The number of nitrogens with one attached hydrogen (secondary N) is 1. The van der Waals surface area contributed by atoms with Crippen molar-refractivity contribution in [2.45, 2.75) is 36.7 Å². The summed E-state index contributed by atoms with van der Waals surface area (Å²) in [7, 11) is 0. The number of aromatic nitrogens is 3. The first-order valence-corrected chi connectivity index (χ1v) is 10.6. The van der Waals surface area contributed by atoms with Crippen molar-refractivity contribution in [1.29, 1.82) is 0 Å². The topological polar surface area (TPSA) is 69.0 Å². The third kappa shape index (κ3) is 6.35. The van der Waals surface area contributed by atoms with Crippen LogP contribution in [0.25, 0.3) is 0 Å². The highest BCUT2D eigenvalue weighted by molar-refractivity contribution is 8.00. The molecule has 0 fully saturated rings. The first-order valence-electron chi connectivity index (χ1n) is 9.74. The van der Waals surface area contributed by atoms with Crippen LogP contribution in [0.15, 0.2) is 66.3 Å². The summed E-state index contributed by atoms with van der Waals surface area (Å²) >= 11 is 1.11. The van der Waals surface area contributed by atoms with Crippen LogP contribution in [-0.2, 0) is 24.1 Å². The number of benzene rings is 2. The molecular formula is C22H20F4N4O2S. The third-order valence-corrected chi connectivity index (χ3v) is 5.51. The zero-order valence-corrected chi connectivity index (χ0v) is 18.3. The SMILES string of the molecule is C=CCn1c(COc2ccccc2F)nnc1SC(C)C(=O)Nc1ccc(C(F)(F)F)cc1. The van der Waals surface area contributed by atoms with E-state index >= 15 is 0 Å². The van der Waals surface area contributed by atoms with E-state index in [1.54, 1.807) is 29.7 Å². The summed E-state index contributed by atoms with van der Waals surface area (Å²) < 4.78 is 59.0. The number of nitrogens with zero attached hydrogens (tertiary/aromatic N) is 3. The van der Waals surface area contributed by atoms with Crippen molar-refractivity contribution in [3.05, 3.63) is 78.4 Å². The van der Waals surface area contributed by atoms with Gasteiger partial charge in [0, 0.05) is 12.2 Å². The van der Waals surface area contributed by atoms with Crippen LogP contribution >= 0.6 is 11.8 Å². The van der Waals surface area contributed by atoms with Crippen LogP contribution in [0.3, 0.4) is 0 Å². The van der Waals surface area contributed by atoms with Crippen LogP contribution in [0.2, 0.25) is 0 Å². The van der Waals surface area contributed by atoms with Gasteiger partial charge in [0.2, 0.25) is 5.91 Å². The quantitative estimate of drug-likeness (QED) is 0.255. The monoisotopic (exact) mass is 480 g/mol. The molecule has 0 spiro atoms. The Kier molecular flexibility index (Phi) is 7.75. The predicted molar refractivity (Wildman–Crippen MR) is 116 cm³/mol. The number of allylic oxidation sites excluding steroid dienone is 1. The van der Waals surface area contributed by atoms with E-state index in [2.05, 4.69) is 22.1 Å². The van der Waals surface area contributed by atoms with Gasteiger partial charge >= 0.3 is 6.18 Å². The van der Waals surface area contributed by atoms with Crippen LogP contribution in [-0.4, -0.2) is 25.9 Å². The number of amides is 1. The molecule has 0 saturated heterocycles. The number of hydrogen-bond acceptors (Lipinski definition) is 5. The van der Waals surface area contributed by atoms with Gasteiger partial charge in [0.1, 0.15) is 6.61 Å². The Morgan fingerprint density at radius 3 is 2.55 bits per heavy atom. The van der Waals surface area contributed by atoms with Crippen LogP contribution in [0.5, 0.6) is 5.75 Å². The summed E-state index contributed by atoms with van der Waals surface area (Å²) in [5.74, 6) is -0.437. The molecule has 3 aromatic rings. The summed E-state index contributed by atoms with van der Waals surface area (Å²) in [5, 5.41) is 10.5. The van der Waals surface area contributed by atoms with E-state index in [0.717, 1.165) is 23.9 Å². The van der Waals surface area contributed by atoms with Crippen molar-refractivity contribution in [2.24, 2.45) is 0 Å². The Hall–Kier alpha value is -3.34. The molecule has 1 atom stereocenters. The van der Waals surface area contributed by atoms with Crippen molar-refractivity contribution < 1.29 is 27.1 Å². The molecule has 0 aliphatic rings. The van der Waals surface area contributed by atoms with Crippen molar-refractivity contribution in [3.8, 4) is 5.75 Å². The third-order valence-electron chi connectivity index (χ3n) is 4.43. The van der Waals surface area contributed by atoms with Gasteiger partial charge in [-0.3, -0.25) is 9.36 Å². The summed E-state index contributed by atoms with van der Waals surface area (Å²) in [6.45, 7) is 5.61. The highest BCUT2D eigenvalue weighted by Crippen LogP contribution is 2.30. The highest BCUT2D eigenvalue weighted by Gasteiger charge is 2.30. The van der Waals surface area contributed by atoms with Gasteiger partial charge in [-0.15, -0.1) is 16.8 Å². The van der Waals surface area contributed by atoms with Gasteiger partial charge < -0.3 is 10.1 Å². The van der Waals surface area contributed by atoms with Gasteiger partial charge in [0.25, 0.3) is 0 Å². The molecule has 2 aromatic carbocycles. The fourth-order valence-corrected chi connectivity index (χ4v) is 3.60. The van der Waals surface area contributed by atoms with Gasteiger partial charge in [0.05, 0.1) is 10.8 Å². The lowest BCUT2D eigenvalue weighted by Gasteiger charge is -2.14. The van der Waals surface area contributed by atoms with Crippen molar-refractivity contribution in [2.75, 3.05) is 5.32 Å². The van der Waals surface area contributed by atoms with Gasteiger partial charge in [-0.25, -0.2) is 4.39 Å². The van der Waals surface area contributed by atoms with E-state index in [-0.39, 0.29) is 18.0 Å². The number of carbonyl (C=O) groups excluding carboxylic acids is 1. The van der Waals surface area contributed by atoms with E-state index in [1.807, 2.05) is 0 Å². The largest absolute Gasteiger partial charge is 0.483 e. The maximum atomic E-state index is 13.8. The molecule has 1 N–H and O–H groups in total. The van der Waals surface area contributed by atoms with Crippen molar-refractivity contribution in [1.82, 2.24) is 14.8 Å². The highest BCUT2D eigenvalue weighted by atomic mass is 32.2. The summed E-state index contributed by atoms with van der Waals surface area (Å²) in [6.07, 6.45) is -2.83. The normalized spacial score (nSPS) is 12.3. The fourth-order valence-electron chi connectivity index (χ4n) is 2.73. The lowest BCUT2D eigenvalue weighted by Crippen LogP contribution is -2.23. The van der Waals surface area contributed by atoms with E-state index < -0.39 is 28.7 Å². The lowest BCUT2D eigenvalue weighted by molar-refractivity contribution is -0.137. The number of rotatable bonds is 9. The lowest BCUT2D eigenvalue weighted by atomic mass is 10.2. The van der Waals surface area contributed by atoms with Crippen LogP contribution in [0.1, 0.15) is 18.3 Å². The number of halogens is 4. The smallest absolute Gasteiger partial charge is 0.416 e. The summed E-state index contributed by atoms with van der Waals surface area (Å²) in [6, 6.07) is 10.1. The first kappa shape index (κ1) is 24.3. The van der Waals surface area contributed by atoms with Gasteiger partial charge in [-0.05, 0) is 43.3 Å². The molecule has 11 heteroatoms. The van der Waals surface area contributed by atoms with Crippen molar-refractivity contribution in [3.63, 3.8) is 0 Å². The van der Waals surface area contributed by atoms with Crippen LogP contribution < -0.4 is 10.1 Å². The van der Waals surface area contributed by atoms with Crippen molar-refractivity contribution >= 4 is 23.4 Å². The molecule has 0 aliphatic heterocycles. The van der Waals surface area contributed by atoms with Crippen LogP contribution in [0, 0.1) is 5.82 Å². The minimum Gasteiger partial charge on any atom is -0.483 e. The number of thioether (sulfide) groups is 1. The molecule has 1 aromatic heterocycles. The van der Waals surface area contributed by atoms with Gasteiger partial charge in [-0.2, -0.15) is 13.2 Å². The maximum Gasteiger partial charge on any atom is 0.416 e. The van der Waals surface area contributed by atoms with Crippen LogP contribution in [0.4, 0.5) is 23.2 Å². The second-order valence-corrected chi connectivity index (χ2v) is 8.15. The zero-order valence-electron chi connectivity index (χ0n) is 17.5. The average molecular weight is 480 g/mol. The Morgan fingerprint density at radius 1 is 1.21 bits per heavy atom. The van der Waals surface area contributed by atoms with E-state index in [4.69, 9.17) is 4.74 Å². The molecule has 174 valence electrons. The number of carbonyl (C=O) groups is 1. The number of alkyl halides is 3. The Morgan fingerprint density at radius 2 is 1.91 bits per heavy atom. The predicted octanol–water partition coefficient (Wildman–Crippen LogP) is 5.32. The molecule has 0 saturated carbocycles. The Bertz CT molecular complexity index is 1120. The molecule has 1 amide bonds. The molecule has 33 heavy (non-hydrogen) atoms. The second-order valence-electron chi connectivity index (χ2n) is 6.84. The van der Waals surface area contributed by atoms with E-state index in [9.17, 15) is 22.4 Å². The molecule has 1 unspecified atom stereocenters. The first-order chi connectivity index (χ1) is 15.7. The number of para-hydroxylation sites is 1. The molecule has 0 aliphatic carbocycles. The average Bonchev–Trinajstić information content (AvgIpc) is 3.14. The summed E-state index contributed by atoms with van der Waals surface area (Å²) in [4.78, 5) is 12.5. The minimum atomic E-state index is -4.45. The molecule has 1 heterocycles. The molecular weight excluding hydrogens is 460 g/mol. The number of anilines is 1. The molecule has 0 radical (unpaired) electrons.